The summed E-state index contributed by atoms with van der Waals surface area (Å²) >= 11 is 0. The van der Waals surface area contributed by atoms with Crippen molar-refractivity contribution in [3.63, 3.8) is 0 Å². The molecule has 1 amide bonds. The van der Waals surface area contributed by atoms with Gasteiger partial charge in [0.15, 0.2) is 0 Å². The Labute approximate surface area is 149 Å². The molecule has 1 aromatic heterocycles. The molecular formula is C20H27N3O2. The van der Waals surface area contributed by atoms with Gasteiger partial charge in [-0.25, -0.2) is 4.68 Å². The minimum absolute atomic E-state index is 0.0374. The van der Waals surface area contributed by atoms with Crippen LogP contribution in [0.25, 0.3) is 5.69 Å². The lowest BCUT2D eigenvalue weighted by Gasteiger charge is -2.21. The molecule has 1 aliphatic rings. The van der Waals surface area contributed by atoms with Crippen molar-refractivity contribution in [1.29, 1.82) is 0 Å². The summed E-state index contributed by atoms with van der Waals surface area (Å²) in [6.07, 6.45) is 2.74. The first-order chi connectivity index (χ1) is 12.0. The number of aryl methyl sites for hydroxylation is 1. The number of nitrogens with zero attached hydrogens (tertiary/aromatic N) is 3. The van der Waals surface area contributed by atoms with Gasteiger partial charge < -0.3 is 9.64 Å². The standard InChI is InChI=1S/C20H27N3O2/c1-14(2)19-17(20(24)22(4)12-16-9-10-25-13-16)11-21-23(19)18-8-6-5-7-15(18)3/h5-8,11,14,16H,9-10,12-13H2,1-4H3. The first-order valence-electron chi connectivity index (χ1n) is 8.96. The minimum Gasteiger partial charge on any atom is -0.381 e. The van der Waals surface area contributed by atoms with Gasteiger partial charge in [-0.3, -0.25) is 4.79 Å². The number of rotatable bonds is 5. The highest BCUT2D eigenvalue weighted by atomic mass is 16.5. The number of para-hydroxylation sites is 1. The van der Waals surface area contributed by atoms with Gasteiger partial charge in [0, 0.05) is 26.1 Å². The van der Waals surface area contributed by atoms with Crippen molar-refractivity contribution in [1.82, 2.24) is 14.7 Å². The fourth-order valence-electron chi connectivity index (χ4n) is 3.47. The van der Waals surface area contributed by atoms with Crippen LogP contribution < -0.4 is 0 Å². The summed E-state index contributed by atoms with van der Waals surface area (Å²) in [4.78, 5) is 14.8. The molecule has 5 heteroatoms. The summed E-state index contributed by atoms with van der Waals surface area (Å²) in [6.45, 7) is 8.55. The highest BCUT2D eigenvalue weighted by Crippen LogP contribution is 2.26. The molecular weight excluding hydrogens is 314 g/mol. The summed E-state index contributed by atoms with van der Waals surface area (Å²) in [5, 5.41) is 4.55. The van der Waals surface area contributed by atoms with Crippen molar-refractivity contribution in [3.8, 4) is 5.69 Å². The number of benzene rings is 1. The van der Waals surface area contributed by atoms with Crippen LogP contribution in [0.4, 0.5) is 0 Å². The zero-order valence-electron chi connectivity index (χ0n) is 15.5. The quantitative estimate of drug-likeness (QED) is 0.837. The molecule has 0 N–H and O–H groups in total. The van der Waals surface area contributed by atoms with Crippen LogP contribution in [-0.2, 0) is 4.74 Å². The van der Waals surface area contributed by atoms with Gasteiger partial charge in [-0.05, 0) is 30.9 Å². The van der Waals surface area contributed by atoms with Crippen molar-refractivity contribution in [2.24, 2.45) is 5.92 Å². The van der Waals surface area contributed by atoms with Crippen molar-refractivity contribution < 1.29 is 9.53 Å². The predicted molar refractivity (Wildman–Crippen MR) is 98.3 cm³/mol. The molecule has 134 valence electrons. The Balaban J connectivity index is 1.91. The van der Waals surface area contributed by atoms with E-state index in [-0.39, 0.29) is 11.8 Å². The smallest absolute Gasteiger partial charge is 0.257 e. The third-order valence-corrected chi connectivity index (χ3v) is 4.83. The zero-order chi connectivity index (χ0) is 18.0. The molecule has 1 aromatic carbocycles. The Hall–Kier alpha value is -2.14. The molecule has 0 spiro atoms. The van der Waals surface area contributed by atoms with Crippen LogP contribution in [0.5, 0.6) is 0 Å². The molecule has 1 unspecified atom stereocenters. The highest BCUT2D eigenvalue weighted by molar-refractivity contribution is 5.95. The molecule has 1 saturated heterocycles. The summed E-state index contributed by atoms with van der Waals surface area (Å²) < 4.78 is 7.34. The number of amides is 1. The van der Waals surface area contributed by atoms with E-state index in [2.05, 4.69) is 31.9 Å². The maximum atomic E-state index is 13.0. The molecule has 1 fully saturated rings. The van der Waals surface area contributed by atoms with E-state index in [0.717, 1.165) is 43.1 Å². The van der Waals surface area contributed by atoms with Gasteiger partial charge in [-0.1, -0.05) is 32.0 Å². The predicted octanol–water partition coefficient (Wildman–Crippen LogP) is 3.41. The van der Waals surface area contributed by atoms with Crippen LogP contribution in [0.2, 0.25) is 0 Å². The average molecular weight is 341 g/mol. The second-order valence-corrected chi connectivity index (χ2v) is 7.21. The van der Waals surface area contributed by atoms with Gasteiger partial charge in [-0.2, -0.15) is 5.10 Å². The molecule has 0 radical (unpaired) electrons. The number of hydrogen-bond acceptors (Lipinski definition) is 3. The molecule has 25 heavy (non-hydrogen) atoms. The first kappa shape index (κ1) is 17.7. The second kappa shape index (κ2) is 7.40. The Morgan fingerprint density at radius 3 is 2.80 bits per heavy atom. The summed E-state index contributed by atoms with van der Waals surface area (Å²) in [6, 6.07) is 8.12. The van der Waals surface area contributed by atoms with Crippen molar-refractivity contribution in [2.75, 3.05) is 26.8 Å². The molecule has 0 saturated carbocycles. The maximum Gasteiger partial charge on any atom is 0.257 e. The third kappa shape index (κ3) is 3.61. The maximum absolute atomic E-state index is 13.0. The Bertz CT molecular complexity index is 745. The Kier molecular flexibility index (Phi) is 5.23. The number of aromatic nitrogens is 2. The summed E-state index contributed by atoms with van der Waals surface area (Å²) in [5.41, 5.74) is 3.83. The SMILES string of the molecule is Cc1ccccc1-n1ncc(C(=O)N(C)CC2CCOC2)c1C(C)C. The minimum atomic E-state index is 0.0374. The fraction of sp³-hybridized carbons (Fsp3) is 0.500. The van der Waals surface area contributed by atoms with Gasteiger partial charge >= 0.3 is 0 Å². The number of hydrogen-bond donors (Lipinski definition) is 0. The van der Waals surface area contributed by atoms with E-state index < -0.39 is 0 Å². The third-order valence-electron chi connectivity index (χ3n) is 4.83. The van der Waals surface area contributed by atoms with Gasteiger partial charge in [-0.15, -0.1) is 0 Å². The summed E-state index contributed by atoms with van der Waals surface area (Å²) in [7, 11) is 1.87. The lowest BCUT2D eigenvalue weighted by atomic mass is 10.0. The van der Waals surface area contributed by atoms with Crippen LogP contribution in [-0.4, -0.2) is 47.4 Å². The number of carbonyl (C=O) groups is 1. The molecule has 3 rings (SSSR count). The van der Waals surface area contributed by atoms with Gasteiger partial charge in [0.25, 0.3) is 5.91 Å². The monoisotopic (exact) mass is 341 g/mol. The largest absolute Gasteiger partial charge is 0.381 e. The molecule has 0 aliphatic carbocycles. The summed E-state index contributed by atoms with van der Waals surface area (Å²) in [5.74, 6) is 0.669. The van der Waals surface area contributed by atoms with E-state index in [1.807, 2.05) is 34.8 Å². The fourth-order valence-corrected chi connectivity index (χ4v) is 3.47. The normalized spacial score (nSPS) is 17.2. The van der Waals surface area contributed by atoms with E-state index in [1.54, 1.807) is 6.20 Å². The van der Waals surface area contributed by atoms with Crippen LogP contribution in [0.3, 0.4) is 0 Å². The van der Waals surface area contributed by atoms with E-state index in [1.165, 1.54) is 0 Å². The molecule has 1 atom stereocenters. The topological polar surface area (TPSA) is 47.4 Å². The molecule has 2 aromatic rings. The molecule has 1 aliphatic heterocycles. The molecule has 2 heterocycles. The zero-order valence-corrected chi connectivity index (χ0v) is 15.5. The van der Waals surface area contributed by atoms with E-state index in [4.69, 9.17) is 4.74 Å². The molecule has 0 bridgehead atoms. The van der Waals surface area contributed by atoms with Crippen molar-refractivity contribution in [3.05, 3.63) is 47.3 Å². The van der Waals surface area contributed by atoms with E-state index >= 15 is 0 Å². The van der Waals surface area contributed by atoms with Gasteiger partial charge in [0.1, 0.15) is 0 Å². The number of ether oxygens (including phenoxy) is 1. The first-order valence-corrected chi connectivity index (χ1v) is 8.96. The lowest BCUT2D eigenvalue weighted by molar-refractivity contribution is 0.0764. The van der Waals surface area contributed by atoms with Crippen molar-refractivity contribution >= 4 is 5.91 Å². The van der Waals surface area contributed by atoms with E-state index in [0.29, 0.717) is 11.5 Å². The average Bonchev–Trinajstić information content (AvgIpc) is 3.23. The molecule has 5 nitrogen and oxygen atoms in total. The van der Waals surface area contributed by atoms with Crippen LogP contribution in [0.1, 0.15) is 47.8 Å². The van der Waals surface area contributed by atoms with E-state index in [9.17, 15) is 4.79 Å². The van der Waals surface area contributed by atoms with Crippen LogP contribution in [0.15, 0.2) is 30.5 Å². The van der Waals surface area contributed by atoms with Gasteiger partial charge in [0.2, 0.25) is 0 Å². The van der Waals surface area contributed by atoms with Crippen molar-refractivity contribution in [2.45, 2.75) is 33.1 Å². The van der Waals surface area contributed by atoms with Crippen LogP contribution >= 0.6 is 0 Å². The lowest BCUT2D eigenvalue weighted by Crippen LogP contribution is -2.32. The Morgan fingerprint density at radius 2 is 2.16 bits per heavy atom. The second-order valence-electron chi connectivity index (χ2n) is 7.21. The highest BCUT2D eigenvalue weighted by Gasteiger charge is 2.26. The Morgan fingerprint density at radius 1 is 1.40 bits per heavy atom. The van der Waals surface area contributed by atoms with Gasteiger partial charge in [0.05, 0.1) is 29.7 Å². The number of carbonyl (C=O) groups excluding carboxylic acids is 1. The van der Waals surface area contributed by atoms with Crippen LogP contribution in [0, 0.1) is 12.8 Å².